The molecule has 2 aliphatic rings. The fourth-order valence-electron chi connectivity index (χ4n) is 1.40. The molecule has 2 rings (SSSR count). The van der Waals surface area contributed by atoms with Crippen LogP contribution in [0.3, 0.4) is 0 Å². The SMILES string of the molecule is O=C1OC2[C@@H](O[C@@H](O)[C@H]2O)C1O. The summed E-state index contributed by atoms with van der Waals surface area (Å²) in [5.74, 6) is -0.823. The van der Waals surface area contributed by atoms with E-state index in [4.69, 9.17) is 15.3 Å². The lowest BCUT2D eigenvalue weighted by atomic mass is 10.1. The summed E-state index contributed by atoms with van der Waals surface area (Å²) in [4.78, 5) is 10.7. The number of aliphatic hydroxyl groups excluding tert-OH is 3. The van der Waals surface area contributed by atoms with E-state index in [0.29, 0.717) is 0 Å². The van der Waals surface area contributed by atoms with Gasteiger partial charge in [0.15, 0.2) is 18.5 Å². The lowest BCUT2D eigenvalue weighted by molar-refractivity contribution is -0.168. The van der Waals surface area contributed by atoms with E-state index in [0.717, 1.165) is 0 Å². The number of ether oxygens (including phenoxy) is 2. The molecule has 0 amide bonds. The minimum atomic E-state index is -1.40. The van der Waals surface area contributed by atoms with Crippen molar-refractivity contribution in [2.75, 3.05) is 0 Å². The molecule has 3 N–H and O–H groups in total. The van der Waals surface area contributed by atoms with Gasteiger partial charge in [0.2, 0.25) is 0 Å². The Morgan fingerprint density at radius 2 is 1.83 bits per heavy atom. The Balaban J connectivity index is 2.19. The van der Waals surface area contributed by atoms with Gasteiger partial charge in [0.25, 0.3) is 0 Å². The molecule has 6 nitrogen and oxygen atoms in total. The van der Waals surface area contributed by atoms with Gasteiger partial charge in [-0.3, -0.25) is 0 Å². The third kappa shape index (κ3) is 0.862. The minimum absolute atomic E-state index is 0.823. The van der Waals surface area contributed by atoms with Gasteiger partial charge in [-0.1, -0.05) is 0 Å². The van der Waals surface area contributed by atoms with E-state index in [2.05, 4.69) is 9.47 Å². The molecule has 2 heterocycles. The Bertz CT molecular complexity index is 216. The van der Waals surface area contributed by atoms with Crippen molar-refractivity contribution in [3.05, 3.63) is 0 Å². The van der Waals surface area contributed by atoms with E-state index in [9.17, 15) is 4.79 Å². The fourth-order valence-corrected chi connectivity index (χ4v) is 1.40. The standard InChI is InChI=1S/C6H8O6/c7-1-3-4(12-5(1)9)2(8)6(10)11-3/h1-5,7-9H/t1-,2?,3?,4-,5+/m0/s1. The van der Waals surface area contributed by atoms with Crippen molar-refractivity contribution in [2.45, 2.75) is 30.7 Å². The summed E-state index contributed by atoms with van der Waals surface area (Å²) in [6.07, 6.45) is -5.94. The predicted octanol–water partition coefficient (Wildman–Crippen LogP) is -2.65. The second kappa shape index (κ2) is 2.40. The Labute approximate surface area is 67.3 Å². The monoisotopic (exact) mass is 176 g/mol. The van der Waals surface area contributed by atoms with E-state index in [-0.39, 0.29) is 0 Å². The topological polar surface area (TPSA) is 96.2 Å². The molecular formula is C6H8O6. The number of esters is 1. The smallest absolute Gasteiger partial charge is 0.338 e. The normalized spacial score (nSPS) is 52.2. The first-order valence-corrected chi connectivity index (χ1v) is 3.51. The molecule has 2 aliphatic heterocycles. The number of fused-ring (bicyclic) bond motifs is 1. The minimum Gasteiger partial charge on any atom is -0.454 e. The highest BCUT2D eigenvalue weighted by atomic mass is 16.7. The van der Waals surface area contributed by atoms with Crippen LogP contribution in [0.1, 0.15) is 0 Å². The molecule has 68 valence electrons. The number of rotatable bonds is 0. The highest BCUT2D eigenvalue weighted by Gasteiger charge is 2.56. The lowest BCUT2D eigenvalue weighted by Crippen LogP contribution is -2.32. The van der Waals surface area contributed by atoms with Gasteiger partial charge >= 0.3 is 5.97 Å². The molecule has 0 aromatic rings. The summed E-state index contributed by atoms with van der Waals surface area (Å²) in [5, 5.41) is 27.2. The summed E-state index contributed by atoms with van der Waals surface area (Å²) in [7, 11) is 0. The summed E-state index contributed by atoms with van der Waals surface area (Å²) >= 11 is 0. The van der Waals surface area contributed by atoms with E-state index in [1.807, 2.05) is 0 Å². The summed E-state index contributed by atoms with van der Waals surface area (Å²) < 4.78 is 9.25. The molecule has 0 aromatic carbocycles. The van der Waals surface area contributed by atoms with Gasteiger partial charge in [0.05, 0.1) is 0 Å². The number of aliphatic hydroxyl groups is 3. The Hall–Kier alpha value is -0.690. The van der Waals surface area contributed by atoms with E-state index in [1.165, 1.54) is 0 Å². The van der Waals surface area contributed by atoms with E-state index in [1.54, 1.807) is 0 Å². The molecule has 2 fully saturated rings. The zero-order valence-electron chi connectivity index (χ0n) is 5.95. The van der Waals surface area contributed by atoms with Crippen molar-refractivity contribution >= 4 is 5.97 Å². The molecule has 2 unspecified atom stereocenters. The van der Waals surface area contributed by atoms with E-state index < -0.39 is 36.7 Å². The van der Waals surface area contributed by atoms with Gasteiger partial charge in [-0.15, -0.1) is 0 Å². The van der Waals surface area contributed by atoms with Crippen molar-refractivity contribution in [3.63, 3.8) is 0 Å². The van der Waals surface area contributed by atoms with Gasteiger partial charge in [0, 0.05) is 0 Å². The predicted molar refractivity (Wildman–Crippen MR) is 32.8 cm³/mol. The van der Waals surface area contributed by atoms with Crippen LogP contribution in [-0.2, 0) is 14.3 Å². The molecule has 0 aliphatic carbocycles. The van der Waals surface area contributed by atoms with Crippen LogP contribution in [0, 0.1) is 0 Å². The van der Waals surface area contributed by atoms with Crippen LogP contribution in [0.15, 0.2) is 0 Å². The lowest BCUT2D eigenvalue weighted by Gasteiger charge is -2.10. The van der Waals surface area contributed by atoms with Crippen molar-refractivity contribution in [1.82, 2.24) is 0 Å². The third-order valence-corrected chi connectivity index (χ3v) is 2.05. The van der Waals surface area contributed by atoms with Crippen LogP contribution in [0.25, 0.3) is 0 Å². The zero-order chi connectivity index (χ0) is 8.88. The van der Waals surface area contributed by atoms with Crippen LogP contribution in [0.4, 0.5) is 0 Å². The number of hydrogen-bond donors (Lipinski definition) is 3. The number of carbonyl (C=O) groups is 1. The second-order valence-electron chi connectivity index (χ2n) is 2.83. The highest BCUT2D eigenvalue weighted by molar-refractivity contribution is 5.78. The molecule has 0 saturated carbocycles. The van der Waals surface area contributed by atoms with Crippen LogP contribution in [0.2, 0.25) is 0 Å². The van der Waals surface area contributed by atoms with Crippen LogP contribution in [0.5, 0.6) is 0 Å². The van der Waals surface area contributed by atoms with Gasteiger partial charge in [-0.2, -0.15) is 0 Å². The maximum atomic E-state index is 10.7. The molecule has 12 heavy (non-hydrogen) atoms. The van der Waals surface area contributed by atoms with Crippen molar-refractivity contribution < 1.29 is 29.6 Å². The molecule has 0 radical (unpaired) electrons. The summed E-state index contributed by atoms with van der Waals surface area (Å²) in [6.45, 7) is 0. The van der Waals surface area contributed by atoms with Gasteiger partial charge < -0.3 is 24.8 Å². The summed E-state index contributed by atoms with van der Waals surface area (Å²) in [6, 6.07) is 0. The average Bonchev–Trinajstić information content (AvgIpc) is 2.43. The molecule has 0 aromatic heterocycles. The maximum absolute atomic E-state index is 10.7. The largest absolute Gasteiger partial charge is 0.454 e. The van der Waals surface area contributed by atoms with Gasteiger partial charge in [-0.25, -0.2) is 4.79 Å². The first-order chi connectivity index (χ1) is 5.61. The van der Waals surface area contributed by atoms with Crippen molar-refractivity contribution in [1.29, 1.82) is 0 Å². The molecule has 2 saturated heterocycles. The van der Waals surface area contributed by atoms with Crippen LogP contribution >= 0.6 is 0 Å². The number of carbonyl (C=O) groups excluding carboxylic acids is 1. The molecular weight excluding hydrogens is 168 g/mol. The summed E-state index contributed by atoms with van der Waals surface area (Å²) in [5.41, 5.74) is 0. The Morgan fingerprint density at radius 1 is 1.17 bits per heavy atom. The van der Waals surface area contributed by atoms with Gasteiger partial charge in [0.1, 0.15) is 12.2 Å². The van der Waals surface area contributed by atoms with Crippen molar-refractivity contribution in [2.24, 2.45) is 0 Å². The molecule has 0 spiro atoms. The molecule has 5 atom stereocenters. The maximum Gasteiger partial charge on any atom is 0.338 e. The van der Waals surface area contributed by atoms with E-state index >= 15 is 0 Å². The molecule has 0 bridgehead atoms. The van der Waals surface area contributed by atoms with Gasteiger partial charge in [-0.05, 0) is 0 Å². The number of hydrogen-bond acceptors (Lipinski definition) is 6. The van der Waals surface area contributed by atoms with Crippen molar-refractivity contribution in [3.8, 4) is 0 Å². The first kappa shape index (κ1) is 7.93. The fraction of sp³-hybridized carbons (Fsp3) is 0.833. The zero-order valence-corrected chi connectivity index (χ0v) is 5.95. The highest BCUT2D eigenvalue weighted by Crippen LogP contribution is 2.30. The van der Waals surface area contributed by atoms with Crippen LogP contribution < -0.4 is 0 Å². The molecule has 6 heteroatoms. The third-order valence-electron chi connectivity index (χ3n) is 2.05. The second-order valence-corrected chi connectivity index (χ2v) is 2.83. The first-order valence-electron chi connectivity index (χ1n) is 3.51. The Morgan fingerprint density at radius 3 is 2.42 bits per heavy atom. The average molecular weight is 176 g/mol. The van der Waals surface area contributed by atoms with Crippen LogP contribution in [-0.4, -0.2) is 52.0 Å². The quantitative estimate of drug-likeness (QED) is 0.349. The Kier molecular flexibility index (Phi) is 1.58.